The lowest BCUT2D eigenvalue weighted by atomic mass is 10.0. The molecule has 2 aliphatic rings. The van der Waals surface area contributed by atoms with Gasteiger partial charge in [-0.25, -0.2) is 0 Å². The van der Waals surface area contributed by atoms with Crippen LogP contribution in [-0.2, 0) is 4.74 Å². The molecule has 4 unspecified atom stereocenters. The fourth-order valence-electron chi connectivity index (χ4n) is 2.88. The molecule has 1 aliphatic heterocycles. The first-order chi connectivity index (χ1) is 7.31. The number of rotatable bonds is 6. The van der Waals surface area contributed by atoms with Crippen LogP contribution in [0.4, 0.5) is 0 Å². The molecule has 0 spiro atoms. The average molecular weight is 211 g/mol. The average Bonchev–Trinajstić information content (AvgIpc) is 2.77. The van der Waals surface area contributed by atoms with Crippen molar-refractivity contribution in [3.05, 3.63) is 0 Å². The number of ether oxygens (including phenoxy) is 1. The highest BCUT2D eigenvalue weighted by molar-refractivity contribution is 4.92. The molecule has 88 valence electrons. The molecular formula is C13H25NO. The molecule has 1 saturated carbocycles. The van der Waals surface area contributed by atoms with Crippen LogP contribution in [0.25, 0.3) is 0 Å². The van der Waals surface area contributed by atoms with Crippen molar-refractivity contribution in [2.75, 3.05) is 13.2 Å². The maximum absolute atomic E-state index is 5.68. The van der Waals surface area contributed by atoms with Gasteiger partial charge in [-0.1, -0.05) is 13.8 Å². The van der Waals surface area contributed by atoms with Gasteiger partial charge in [0.25, 0.3) is 0 Å². The third kappa shape index (κ3) is 3.18. The summed E-state index contributed by atoms with van der Waals surface area (Å²) >= 11 is 0. The van der Waals surface area contributed by atoms with Gasteiger partial charge in [0.2, 0.25) is 0 Å². The summed E-state index contributed by atoms with van der Waals surface area (Å²) in [6.07, 6.45) is 7.15. The Kier molecular flexibility index (Phi) is 4.04. The summed E-state index contributed by atoms with van der Waals surface area (Å²) in [7, 11) is 0. The Morgan fingerprint density at radius 2 is 2.27 bits per heavy atom. The minimum atomic E-state index is 0.570. The van der Waals surface area contributed by atoms with E-state index in [9.17, 15) is 0 Å². The molecule has 1 aliphatic carbocycles. The zero-order valence-corrected chi connectivity index (χ0v) is 10.2. The second-order valence-electron chi connectivity index (χ2n) is 5.25. The Balaban J connectivity index is 1.69. The molecule has 0 radical (unpaired) electrons. The summed E-state index contributed by atoms with van der Waals surface area (Å²) in [6, 6.07) is 0.759. The molecule has 0 amide bonds. The van der Waals surface area contributed by atoms with E-state index in [1.807, 2.05) is 0 Å². The van der Waals surface area contributed by atoms with Crippen LogP contribution >= 0.6 is 0 Å². The summed E-state index contributed by atoms with van der Waals surface area (Å²) in [5, 5.41) is 3.64. The van der Waals surface area contributed by atoms with Crippen LogP contribution in [0.5, 0.6) is 0 Å². The molecule has 15 heavy (non-hydrogen) atoms. The lowest BCUT2D eigenvalue weighted by molar-refractivity contribution is 0.0987. The van der Waals surface area contributed by atoms with Crippen LogP contribution in [0.1, 0.15) is 46.0 Å². The summed E-state index contributed by atoms with van der Waals surface area (Å²) in [5.41, 5.74) is 0. The van der Waals surface area contributed by atoms with Crippen LogP contribution in [0, 0.1) is 11.8 Å². The van der Waals surface area contributed by atoms with Gasteiger partial charge in [0, 0.05) is 12.6 Å². The molecule has 2 nitrogen and oxygen atoms in total. The molecule has 2 heteroatoms. The second-order valence-corrected chi connectivity index (χ2v) is 5.25. The predicted molar refractivity (Wildman–Crippen MR) is 62.9 cm³/mol. The van der Waals surface area contributed by atoms with Crippen LogP contribution < -0.4 is 5.32 Å². The quantitative estimate of drug-likeness (QED) is 0.729. The minimum absolute atomic E-state index is 0.570. The first-order valence-corrected chi connectivity index (χ1v) is 6.66. The van der Waals surface area contributed by atoms with Gasteiger partial charge >= 0.3 is 0 Å². The molecule has 2 fully saturated rings. The Morgan fingerprint density at radius 3 is 2.80 bits per heavy atom. The predicted octanol–water partition coefficient (Wildman–Crippen LogP) is 2.58. The Bertz CT molecular complexity index is 189. The zero-order valence-electron chi connectivity index (χ0n) is 10.2. The summed E-state index contributed by atoms with van der Waals surface area (Å²) in [6.45, 7) is 6.70. The van der Waals surface area contributed by atoms with E-state index in [1.165, 1.54) is 32.1 Å². The molecule has 4 atom stereocenters. The third-order valence-corrected chi connectivity index (χ3v) is 3.98. The van der Waals surface area contributed by atoms with Crippen molar-refractivity contribution in [2.24, 2.45) is 11.8 Å². The smallest absolute Gasteiger partial charge is 0.0576 e. The van der Waals surface area contributed by atoms with Gasteiger partial charge in [0.15, 0.2) is 0 Å². The normalized spacial score (nSPS) is 36.8. The lowest BCUT2D eigenvalue weighted by Gasteiger charge is -2.19. The van der Waals surface area contributed by atoms with Gasteiger partial charge in [0.1, 0.15) is 0 Å². The standard InChI is InChI=1S/C13H25NO/c1-3-14-13(12-9-10(12)2)7-6-11-5-4-8-15-11/h10-14H,3-9H2,1-2H3. The van der Waals surface area contributed by atoms with Crippen LogP contribution in [0.2, 0.25) is 0 Å². The summed E-state index contributed by atoms with van der Waals surface area (Å²) < 4.78 is 5.68. The van der Waals surface area contributed by atoms with E-state index in [-0.39, 0.29) is 0 Å². The molecule has 0 aromatic heterocycles. The van der Waals surface area contributed by atoms with Crippen molar-refractivity contribution >= 4 is 0 Å². The third-order valence-electron chi connectivity index (χ3n) is 3.98. The highest BCUT2D eigenvalue weighted by atomic mass is 16.5. The van der Waals surface area contributed by atoms with E-state index in [4.69, 9.17) is 4.74 Å². The Morgan fingerprint density at radius 1 is 1.47 bits per heavy atom. The fraction of sp³-hybridized carbons (Fsp3) is 1.00. The van der Waals surface area contributed by atoms with Crippen molar-refractivity contribution in [3.8, 4) is 0 Å². The van der Waals surface area contributed by atoms with Gasteiger partial charge in [-0.05, 0) is 50.5 Å². The zero-order chi connectivity index (χ0) is 10.7. The van der Waals surface area contributed by atoms with Crippen molar-refractivity contribution in [1.82, 2.24) is 5.32 Å². The maximum atomic E-state index is 5.68. The van der Waals surface area contributed by atoms with E-state index in [2.05, 4.69) is 19.2 Å². The lowest BCUT2D eigenvalue weighted by Crippen LogP contribution is -2.32. The molecule has 1 saturated heterocycles. The van der Waals surface area contributed by atoms with E-state index < -0.39 is 0 Å². The van der Waals surface area contributed by atoms with E-state index in [1.54, 1.807) is 0 Å². The van der Waals surface area contributed by atoms with Gasteiger partial charge < -0.3 is 10.1 Å². The summed E-state index contributed by atoms with van der Waals surface area (Å²) in [4.78, 5) is 0. The van der Waals surface area contributed by atoms with E-state index in [0.717, 1.165) is 31.0 Å². The van der Waals surface area contributed by atoms with Crippen molar-refractivity contribution in [3.63, 3.8) is 0 Å². The number of nitrogens with one attached hydrogen (secondary N) is 1. The van der Waals surface area contributed by atoms with Crippen molar-refractivity contribution < 1.29 is 4.74 Å². The van der Waals surface area contributed by atoms with Crippen molar-refractivity contribution in [1.29, 1.82) is 0 Å². The van der Waals surface area contributed by atoms with E-state index >= 15 is 0 Å². The van der Waals surface area contributed by atoms with Gasteiger partial charge in [-0.3, -0.25) is 0 Å². The molecule has 0 aromatic rings. The van der Waals surface area contributed by atoms with Gasteiger partial charge in [-0.2, -0.15) is 0 Å². The second kappa shape index (κ2) is 5.31. The minimum Gasteiger partial charge on any atom is -0.378 e. The molecule has 1 N–H and O–H groups in total. The first kappa shape index (κ1) is 11.4. The monoisotopic (exact) mass is 211 g/mol. The maximum Gasteiger partial charge on any atom is 0.0576 e. The Labute approximate surface area is 93.8 Å². The van der Waals surface area contributed by atoms with Gasteiger partial charge in [0.05, 0.1) is 6.10 Å². The molecule has 0 aromatic carbocycles. The van der Waals surface area contributed by atoms with Gasteiger partial charge in [-0.15, -0.1) is 0 Å². The number of hydrogen-bond acceptors (Lipinski definition) is 2. The van der Waals surface area contributed by atoms with Crippen LogP contribution in [0.3, 0.4) is 0 Å². The van der Waals surface area contributed by atoms with E-state index in [0.29, 0.717) is 6.10 Å². The fourth-order valence-corrected chi connectivity index (χ4v) is 2.88. The SMILES string of the molecule is CCNC(CCC1CCCO1)C1CC1C. The van der Waals surface area contributed by atoms with Crippen LogP contribution in [0.15, 0.2) is 0 Å². The molecule has 2 rings (SSSR count). The first-order valence-electron chi connectivity index (χ1n) is 6.66. The molecular weight excluding hydrogens is 186 g/mol. The van der Waals surface area contributed by atoms with Crippen LogP contribution in [-0.4, -0.2) is 25.3 Å². The highest BCUT2D eigenvalue weighted by Gasteiger charge is 2.38. The topological polar surface area (TPSA) is 21.3 Å². The van der Waals surface area contributed by atoms with Crippen molar-refractivity contribution in [2.45, 2.75) is 58.1 Å². The largest absolute Gasteiger partial charge is 0.378 e. The molecule has 1 heterocycles. The highest BCUT2D eigenvalue weighted by Crippen LogP contribution is 2.42. The number of hydrogen-bond donors (Lipinski definition) is 1. The Hall–Kier alpha value is -0.0800. The molecule has 0 bridgehead atoms. The summed E-state index contributed by atoms with van der Waals surface area (Å²) in [5.74, 6) is 1.91.